The Morgan fingerprint density at radius 3 is 1.46 bits per heavy atom. The van der Waals surface area contributed by atoms with Gasteiger partial charge in [-0.15, -0.1) is 0 Å². The van der Waals surface area contributed by atoms with Gasteiger partial charge in [-0.2, -0.15) is 0 Å². The number of unbranched alkanes of at least 4 members (excludes halogenated alkanes) is 1. The highest BCUT2D eigenvalue weighted by molar-refractivity contribution is 7.54. The monoisotopic (exact) mass is 346 g/mol. The predicted octanol–water partition coefficient (Wildman–Crippen LogP) is 6.37. The van der Waals surface area contributed by atoms with Crippen LogP contribution in [0.25, 0.3) is 0 Å². The van der Waals surface area contributed by atoms with E-state index < -0.39 is 7.60 Å². The van der Waals surface area contributed by atoms with E-state index in [9.17, 15) is 4.57 Å². The summed E-state index contributed by atoms with van der Waals surface area (Å²) in [6.07, 6.45) is 2.15. The Morgan fingerprint density at radius 1 is 0.750 bits per heavy atom. The lowest BCUT2D eigenvalue weighted by Gasteiger charge is -2.21. The first-order chi connectivity index (χ1) is 11.3. The molecule has 0 N–H and O–H groups in total. The van der Waals surface area contributed by atoms with Crippen molar-refractivity contribution in [1.29, 1.82) is 0 Å². The molecule has 2 aromatic rings. The van der Waals surface area contributed by atoms with Crippen molar-refractivity contribution in [3.8, 4) is 11.5 Å². The molecule has 4 heteroatoms. The van der Waals surface area contributed by atoms with Gasteiger partial charge in [-0.3, -0.25) is 0 Å². The van der Waals surface area contributed by atoms with Crippen molar-refractivity contribution >= 4 is 7.60 Å². The molecule has 0 saturated carbocycles. The van der Waals surface area contributed by atoms with Crippen LogP contribution in [0.5, 0.6) is 11.5 Å². The Balaban J connectivity index is 2.29. The summed E-state index contributed by atoms with van der Waals surface area (Å²) in [6.45, 7) is 10.1. The van der Waals surface area contributed by atoms with Gasteiger partial charge in [0.25, 0.3) is 0 Å². The maximum absolute atomic E-state index is 13.3. The van der Waals surface area contributed by atoms with Crippen LogP contribution in [-0.2, 0) is 4.57 Å². The van der Waals surface area contributed by atoms with E-state index in [4.69, 9.17) is 9.05 Å². The van der Waals surface area contributed by atoms with E-state index in [-0.39, 0.29) is 0 Å². The van der Waals surface area contributed by atoms with Crippen molar-refractivity contribution < 1.29 is 13.6 Å². The third-order valence-electron chi connectivity index (χ3n) is 3.66. The molecule has 3 nitrogen and oxygen atoms in total. The lowest BCUT2D eigenvalue weighted by molar-refractivity contribution is 0.384. The molecular formula is C20H27O3P. The van der Waals surface area contributed by atoms with E-state index in [0.29, 0.717) is 17.7 Å². The lowest BCUT2D eigenvalue weighted by atomic mass is 10.1. The highest BCUT2D eigenvalue weighted by atomic mass is 31.2. The van der Waals surface area contributed by atoms with E-state index in [2.05, 4.69) is 19.1 Å². The summed E-state index contributed by atoms with van der Waals surface area (Å²) in [5.74, 6) is 1.22. The number of hydrogen-bond acceptors (Lipinski definition) is 3. The van der Waals surface area contributed by atoms with Crippen molar-refractivity contribution in [2.45, 2.75) is 47.5 Å². The van der Waals surface area contributed by atoms with Crippen molar-refractivity contribution in [3.63, 3.8) is 0 Å². The Kier molecular flexibility index (Phi) is 6.12. The maximum atomic E-state index is 13.3. The molecule has 0 radical (unpaired) electrons. The van der Waals surface area contributed by atoms with E-state index in [1.54, 1.807) is 0 Å². The van der Waals surface area contributed by atoms with Gasteiger partial charge in [0.2, 0.25) is 0 Å². The number of hydrogen-bond donors (Lipinski definition) is 0. The highest BCUT2D eigenvalue weighted by Gasteiger charge is 2.27. The summed E-state index contributed by atoms with van der Waals surface area (Å²) in [5.41, 5.74) is 4.33. The summed E-state index contributed by atoms with van der Waals surface area (Å²) >= 11 is 0. The van der Waals surface area contributed by atoms with Crippen LogP contribution in [-0.4, -0.2) is 6.16 Å². The molecule has 0 saturated heterocycles. The van der Waals surface area contributed by atoms with E-state index >= 15 is 0 Å². The van der Waals surface area contributed by atoms with Crippen LogP contribution >= 0.6 is 7.60 Å². The molecule has 0 unspecified atom stereocenters. The van der Waals surface area contributed by atoms with E-state index in [1.807, 2.05) is 52.0 Å². The zero-order valence-corrected chi connectivity index (χ0v) is 16.2. The zero-order valence-electron chi connectivity index (χ0n) is 15.3. The van der Waals surface area contributed by atoms with Gasteiger partial charge < -0.3 is 9.05 Å². The largest absolute Gasteiger partial charge is 0.430 e. The number of rotatable bonds is 7. The minimum Gasteiger partial charge on any atom is -0.416 e. The molecule has 0 amide bonds. The van der Waals surface area contributed by atoms with Gasteiger partial charge in [0.05, 0.1) is 6.16 Å². The van der Waals surface area contributed by atoms with Crippen LogP contribution in [0.1, 0.15) is 42.0 Å². The fourth-order valence-electron chi connectivity index (χ4n) is 2.75. The van der Waals surface area contributed by atoms with Crippen molar-refractivity contribution in [2.24, 2.45) is 0 Å². The quantitative estimate of drug-likeness (QED) is 0.546. The van der Waals surface area contributed by atoms with Gasteiger partial charge in [0, 0.05) is 0 Å². The first kappa shape index (κ1) is 18.6. The Labute approximate surface area is 145 Å². The van der Waals surface area contributed by atoms with Crippen LogP contribution in [0.3, 0.4) is 0 Å². The molecule has 0 heterocycles. The van der Waals surface area contributed by atoms with Gasteiger partial charge in [0.1, 0.15) is 11.5 Å². The summed E-state index contributed by atoms with van der Waals surface area (Å²) in [4.78, 5) is 0. The minimum absolute atomic E-state index is 0.406. The second-order valence-electron chi connectivity index (χ2n) is 6.52. The molecule has 0 aromatic heterocycles. The molecule has 0 aliphatic carbocycles. The van der Waals surface area contributed by atoms with Gasteiger partial charge in [0.15, 0.2) is 0 Å². The topological polar surface area (TPSA) is 35.5 Å². The first-order valence-corrected chi connectivity index (χ1v) is 10.2. The van der Waals surface area contributed by atoms with Crippen LogP contribution in [0.15, 0.2) is 36.4 Å². The van der Waals surface area contributed by atoms with Crippen LogP contribution < -0.4 is 9.05 Å². The second kappa shape index (κ2) is 7.90. The maximum Gasteiger partial charge on any atom is 0.430 e. The molecule has 0 atom stereocenters. The SMILES string of the molecule is CCCCP(=O)(Oc1cc(C)cc(C)c1)Oc1cc(C)cc(C)c1. The van der Waals surface area contributed by atoms with E-state index in [1.165, 1.54) is 0 Å². The van der Waals surface area contributed by atoms with E-state index in [0.717, 1.165) is 35.1 Å². The molecular weight excluding hydrogens is 319 g/mol. The normalized spacial score (nSPS) is 11.4. The molecule has 0 spiro atoms. The van der Waals surface area contributed by atoms with Gasteiger partial charge in [-0.25, -0.2) is 4.57 Å². The lowest BCUT2D eigenvalue weighted by Crippen LogP contribution is -2.06. The highest BCUT2D eigenvalue weighted by Crippen LogP contribution is 2.49. The van der Waals surface area contributed by atoms with Crippen molar-refractivity contribution in [3.05, 3.63) is 58.7 Å². The van der Waals surface area contributed by atoms with Crippen LogP contribution in [0, 0.1) is 27.7 Å². The first-order valence-electron chi connectivity index (χ1n) is 8.44. The fourth-order valence-corrected chi connectivity index (χ4v) is 4.53. The Morgan fingerprint density at radius 2 is 1.12 bits per heavy atom. The molecule has 0 bridgehead atoms. The Bertz CT molecular complexity index is 655. The number of benzene rings is 2. The van der Waals surface area contributed by atoms with Crippen LogP contribution in [0.4, 0.5) is 0 Å². The standard InChI is InChI=1S/C20H27O3P/c1-6-7-8-24(21,22-19-11-15(2)9-16(3)12-19)23-20-13-17(4)10-18(5)14-20/h9-14H,6-8H2,1-5H3. The summed E-state index contributed by atoms with van der Waals surface area (Å²) in [5, 5.41) is 0. The molecule has 0 aliphatic rings. The molecule has 2 aromatic carbocycles. The molecule has 2 rings (SSSR count). The molecule has 0 aliphatic heterocycles. The smallest absolute Gasteiger partial charge is 0.416 e. The number of aryl methyl sites for hydroxylation is 4. The second-order valence-corrected chi connectivity index (χ2v) is 8.55. The van der Waals surface area contributed by atoms with Gasteiger partial charge in [-0.1, -0.05) is 25.5 Å². The summed E-state index contributed by atoms with van der Waals surface area (Å²) in [7, 11) is -3.26. The summed E-state index contributed by atoms with van der Waals surface area (Å²) < 4.78 is 25.1. The zero-order chi connectivity index (χ0) is 17.7. The fraction of sp³-hybridized carbons (Fsp3) is 0.400. The molecule has 24 heavy (non-hydrogen) atoms. The third-order valence-corrected chi connectivity index (χ3v) is 5.51. The van der Waals surface area contributed by atoms with Crippen LogP contribution in [0.2, 0.25) is 0 Å². The third kappa shape index (κ3) is 5.42. The molecule has 0 fully saturated rings. The van der Waals surface area contributed by atoms with Gasteiger partial charge >= 0.3 is 7.60 Å². The Hall–Kier alpha value is -1.73. The summed E-state index contributed by atoms with van der Waals surface area (Å²) in [6, 6.07) is 11.7. The molecule has 130 valence electrons. The predicted molar refractivity (Wildman–Crippen MR) is 100 cm³/mol. The minimum atomic E-state index is -3.26. The average Bonchev–Trinajstić information content (AvgIpc) is 2.42. The van der Waals surface area contributed by atoms with Crippen molar-refractivity contribution in [1.82, 2.24) is 0 Å². The van der Waals surface area contributed by atoms with Crippen molar-refractivity contribution in [2.75, 3.05) is 6.16 Å². The van der Waals surface area contributed by atoms with Gasteiger partial charge in [-0.05, 0) is 80.6 Å². The average molecular weight is 346 g/mol.